The Morgan fingerprint density at radius 3 is 1.33 bits per heavy atom. The number of pyridine rings is 2. The minimum absolute atomic E-state index is 0.0916. The van der Waals surface area contributed by atoms with E-state index in [2.05, 4.69) is 24.9 Å². The van der Waals surface area contributed by atoms with Crippen molar-refractivity contribution in [3.63, 3.8) is 0 Å². The molecule has 0 aromatic carbocycles. The standard InChI is InChI=1S/C15H6ClF6N5/c16-13-26-11(7-1-3-9(23-5-7)14(17,18)19)25-12(27-13)8-2-4-10(24-6-8)15(20,21)22/h1-6H. The molecule has 12 heteroatoms. The molecule has 0 amide bonds. The summed E-state index contributed by atoms with van der Waals surface area (Å²) in [7, 11) is 0. The van der Waals surface area contributed by atoms with Crippen LogP contribution in [0.4, 0.5) is 26.3 Å². The van der Waals surface area contributed by atoms with E-state index >= 15 is 0 Å². The van der Waals surface area contributed by atoms with Gasteiger partial charge in [-0.25, -0.2) is 4.98 Å². The summed E-state index contributed by atoms with van der Waals surface area (Å²) in [5.41, 5.74) is -1.96. The summed E-state index contributed by atoms with van der Waals surface area (Å²) < 4.78 is 75.5. The first-order chi connectivity index (χ1) is 12.5. The molecular weight excluding hydrogens is 400 g/mol. The van der Waals surface area contributed by atoms with Crippen LogP contribution in [0.2, 0.25) is 5.28 Å². The molecule has 0 spiro atoms. The van der Waals surface area contributed by atoms with E-state index in [0.29, 0.717) is 0 Å². The molecular formula is C15H6ClF6N5. The normalized spacial score (nSPS) is 12.3. The second kappa shape index (κ2) is 6.72. The fraction of sp³-hybridized carbons (Fsp3) is 0.133. The lowest BCUT2D eigenvalue weighted by atomic mass is 10.2. The molecule has 27 heavy (non-hydrogen) atoms. The van der Waals surface area contributed by atoms with Crippen LogP contribution in [0.3, 0.4) is 0 Å². The van der Waals surface area contributed by atoms with Crippen molar-refractivity contribution in [3.8, 4) is 22.8 Å². The van der Waals surface area contributed by atoms with E-state index in [-0.39, 0.29) is 28.1 Å². The fourth-order valence-corrected chi connectivity index (χ4v) is 2.16. The number of rotatable bonds is 2. The Kier molecular flexibility index (Phi) is 4.72. The lowest BCUT2D eigenvalue weighted by Crippen LogP contribution is -2.08. The summed E-state index contributed by atoms with van der Waals surface area (Å²) in [6, 6.07) is 3.67. The van der Waals surface area contributed by atoms with E-state index in [9.17, 15) is 26.3 Å². The summed E-state index contributed by atoms with van der Waals surface area (Å²) in [5, 5.41) is -0.296. The molecule has 0 radical (unpaired) electrons. The largest absolute Gasteiger partial charge is 0.433 e. The molecule has 0 aliphatic rings. The monoisotopic (exact) mass is 405 g/mol. The van der Waals surface area contributed by atoms with Crippen LogP contribution in [0.5, 0.6) is 0 Å². The van der Waals surface area contributed by atoms with Gasteiger partial charge in [0.15, 0.2) is 11.6 Å². The Labute approximate surface area is 152 Å². The maximum absolute atomic E-state index is 12.6. The maximum Gasteiger partial charge on any atom is 0.433 e. The molecule has 140 valence electrons. The summed E-state index contributed by atoms with van der Waals surface area (Å²) in [6.07, 6.45) is -7.40. The van der Waals surface area contributed by atoms with E-state index in [1.165, 1.54) is 0 Å². The van der Waals surface area contributed by atoms with Gasteiger partial charge >= 0.3 is 12.4 Å². The second-order valence-electron chi connectivity index (χ2n) is 5.11. The summed E-state index contributed by atoms with van der Waals surface area (Å²) in [5.74, 6) is -0.183. The topological polar surface area (TPSA) is 64.5 Å². The highest BCUT2D eigenvalue weighted by Crippen LogP contribution is 2.30. The molecule has 3 rings (SSSR count). The molecule has 0 aliphatic carbocycles. The van der Waals surface area contributed by atoms with Crippen LogP contribution in [-0.4, -0.2) is 24.9 Å². The zero-order valence-corrected chi connectivity index (χ0v) is 13.6. The molecule has 0 unspecified atom stereocenters. The Balaban J connectivity index is 1.97. The van der Waals surface area contributed by atoms with Crippen LogP contribution in [0.25, 0.3) is 22.8 Å². The van der Waals surface area contributed by atoms with E-state index in [4.69, 9.17) is 11.6 Å². The van der Waals surface area contributed by atoms with Gasteiger partial charge < -0.3 is 0 Å². The molecule has 0 fully saturated rings. The van der Waals surface area contributed by atoms with Crippen molar-refractivity contribution in [1.82, 2.24) is 24.9 Å². The summed E-state index contributed by atoms with van der Waals surface area (Å²) in [4.78, 5) is 18.2. The van der Waals surface area contributed by atoms with Crippen LogP contribution in [0, 0.1) is 0 Å². The van der Waals surface area contributed by atoms with Gasteiger partial charge in [0.05, 0.1) is 0 Å². The SMILES string of the molecule is FC(F)(F)c1ccc(-c2nc(Cl)nc(-c3ccc(C(F)(F)F)nc3)n2)cn1. The quantitative estimate of drug-likeness (QED) is 0.579. The first kappa shape index (κ1) is 19.0. The van der Waals surface area contributed by atoms with E-state index in [1.54, 1.807) is 0 Å². The first-order valence-corrected chi connectivity index (χ1v) is 7.40. The highest BCUT2D eigenvalue weighted by Gasteiger charge is 2.33. The number of alkyl halides is 6. The maximum atomic E-state index is 12.6. The molecule has 0 saturated heterocycles. The average molecular weight is 406 g/mol. The number of halogens is 7. The van der Waals surface area contributed by atoms with E-state index < -0.39 is 23.7 Å². The predicted molar refractivity (Wildman–Crippen MR) is 81.3 cm³/mol. The van der Waals surface area contributed by atoms with Crippen molar-refractivity contribution < 1.29 is 26.3 Å². The van der Waals surface area contributed by atoms with Gasteiger partial charge in [-0.05, 0) is 35.9 Å². The van der Waals surface area contributed by atoms with Gasteiger partial charge in [0.1, 0.15) is 11.4 Å². The van der Waals surface area contributed by atoms with Gasteiger partial charge in [0.2, 0.25) is 5.28 Å². The van der Waals surface area contributed by atoms with E-state index in [0.717, 1.165) is 36.7 Å². The molecule has 3 heterocycles. The molecule has 5 nitrogen and oxygen atoms in total. The van der Waals surface area contributed by atoms with Gasteiger partial charge in [-0.1, -0.05) is 0 Å². The Morgan fingerprint density at radius 2 is 1.04 bits per heavy atom. The molecule has 3 aromatic heterocycles. The molecule has 0 N–H and O–H groups in total. The second-order valence-corrected chi connectivity index (χ2v) is 5.45. The summed E-state index contributed by atoms with van der Waals surface area (Å²) in [6.45, 7) is 0. The van der Waals surface area contributed by atoms with E-state index in [1.807, 2.05) is 0 Å². The molecule has 0 aliphatic heterocycles. The number of hydrogen-bond donors (Lipinski definition) is 0. The minimum atomic E-state index is -4.60. The van der Waals surface area contributed by atoms with Crippen molar-refractivity contribution in [1.29, 1.82) is 0 Å². The van der Waals surface area contributed by atoms with Crippen LogP contribution in [-0.2, 0) is 12.4 Å². The molecule has 3 aromatic rings. The van der Waals surface area contributed by atoms with Crippen molar-refractivity contribution in [2.75, 3.05) is 0 Å². The molecule has 0 saturated carbocycles. The number of hydrogen-bond acceptors (Lipinski definition) is 5. The van der Waals surface area contributed by atoms with Gasteiger partial charge in [0.25, 0.3) is 0 Å². The van der Waals surface area contributed by atoms with Crippen molar-refractivity contribution in [2.24, 2.45) is 0 Å². The third-order valence-electron chi connectivity index (χ3n) is 3.23. The van der Waals surface area contributed by atoms with Crippen LogP contribution >= 0.6 is 11.6 Å². The minimum Gasteiger partial charge on any atom is -0.251 e. The zero-order chi connectivity index (χ0) is 19.8. The van der Waals surface area contributed by atoms with Crippen molar-refractivity contribution >= 4 is 11.6 Å². The van der Waals surface area contributed by atoms with Crippen LogP contribution in [0.1, 0.15) is 11.4 Å². The van der Waals surface area contributed by atoms with Gasteiger partial charge in [0, 0.05) is 23.5 Å². The summed E-state index contributed by atoms with van der Waals surface area (Å²) >= 11 is 5.79. The highest BCUT2D eigenvalue weighted by atomic mass is 35.5. The number of aromatic nitrogens is 5. The third-order valence-corrected chi connectivity index (χ3v) is 3.40. The Hall–Kier alpha value is -2.82. The molecule has 0 atom stereocenters. The Morgan fingerprint density at radius 1 is 0.630 bits per heavy atom. The molecule has 0 bridgehead atoms. The highest BCUT2D eigenvalue weighted by molar-refractivity contribution is 6.28. The van der Waals surface area contributed by atoms with Gasteiger partial charge in [-0.3, -0.25) is 9.97 Å². The third kappa shape index (κ3) is 4.30. The van der Waals surface area contributed by atoms with Crippen molar-refractivity contribution in [3.05, 3.63) is 53.3 Å². The fourth-order valence-electron chi connectivity index (χ4n) is 2.00. The van der Waals surface area contributed by atoms with Crippen molar-refractivity contribution in [2.45, 2.75) is 12.4 Å². The lowest BCUT2D eigenvalue weighted by molar-refractivity contribution is -0.141. The average Bonchev–Trinajstić information content (AvgIpc) is 2.60. The Bertz CT molecular complexity index is 879. The first-order valence-electron chi connectivity index (χ1n) is 7.03. The van der Waals surface area contributed by atoms with Crippen LogP contribution in [0.15, 0.2) is 36.7 Å². The zero-order valence-electron chi connectivity index (χ0n) is 12.8. The predicted octanol–water partition coefficient (Wildman–Crippen LogP) is 4.69. The lowest BCUT2D eigenvalue weighted by Gasteiger charge is -2.08. The van der Waals surface area contributed by atoms with Crippen LogP contribution < -0.4 is 0 Å². The van der Waals surface area contributed by atoms with Gasteiger partial charge in [-0.2, -0.15) is 36.3 Å². The van der Waals surface area contributed by atoms with Gasteiger partial charge in [-0.15, -0.1) is 0 Å². The number of nitrogens with zero attached hydrogens (tertiary/aromatic N) is 5. The smallest absolute Gasteiger partial charge is 0.251 e.